The largest absolute Gasteiger partial charge is 0.324 e. The first-order valence-electron chi connectivity index (χ1n) is 6.14. The molecule has 0 radical (unpaired) electrons. The van der Waals surface area contributed by atoms with Crippen molar-refractivity contribution >= 4 is 23.2 Å². The van der Waals surface area contributed by atoms with Crippen molar-refractivity contribution < 1.29 is 4.79 Å². The molecule has 0 heterocycles. The Morgan fingerprint density at radius 1 is 1.30 bits per heavy atom. The van der Waals surface area contributed by atoms with E-state index in [1.807, 2.05) is 37.3 Å². The molecule has 1 N–H and O–H groups in total. The lowest BCUT2D eigenvalue weighted by molar-refractivity contribution is -0.115. The van der Waals surface area contributed by atoms with Gasteiger partial charge in [0.1, 0.15) is 0 Å². The van der Waals surface area contributed by atoms with Gasteiger partial charge in [-0.15, -0.1) is 0 Å². The number of nitrogens with one attached hydrogen (secondary N) is 1. The van der Waals surface area contributed by atoms with Gasteiger partial charge >= 0.3 is 0 Å². The lowest BCUT2D eigenvalue weighted by Gasteiger charge is -2.09. The van der Waals surface area contributed by atoms with Gasteiger partial charge in [-0.25, -0.2) is 0 Å². The van der Waals surface area contributed by atoms with Crippen molar-refractivity contribution in [3.8, 4) is 6.07 Å². The van der Waals surface area contributed by atoms with Gasteiger partial charge in [0.15, 0.2) is 0 Å². The number of carbonyl (C=O) groups is 1. The zero-order valence-electron chi connectivity index (χ0n) is 11.0. The number of anilines is 1. The van der Waals surface area contributed by atoms with Gasteiger partial charge in [0.2, 0.25) is 5.91 Å². The fourth-order valence-corrected chi connectivity index (χ4v) is 2.09. The summed E-state index contributed by atoms with van der Waals surface area (Å²) in [5.74, 6) is -0.133. The minimum absolute atomic E-state index is 0.133. The molecule has 100 valence electrons. The Morgan fingerprint density at radius 3 is 2.70 bits per heavy atom. The van der Waals surface area contributed by atoms with E-state index in [1.54, 1.807) is 12.1 Å². The summed E-state index contributed by atoms with van der Waals surface area (Å²) < 4.78 is 0. The second-order valence-electron chi connectivity index (χ2n) is 4.46. The third-order valence-electron chi connectivity index (χ3n) is 2.98. The third-order valence-corrected chi connectivity index (χ3v) is 3.30. The quantitative estimate of drug-likeness (QED) is 0.934. The van der Waals surface area contributed by atoms with E-state index in [-0.39, 0.29) is 5.91 Å². The van der Waals surface area contributed by atoms with E-state index >= 15 is 0 Å². The zero-order valence-corrected chi connectivity index (χ0v) is 11.7. The molecule has 3 nitrogen and oxygen atoms in total. The summed E-state index contributed by atoms with van der Waals surface area (Å²) in [6, 6.07) is 14.5. The normalized spacial score (nSPS) is 9.85. The summed E-state index contributed by atoms with van der Waals surface area (Å²) in [6.45, 7) is 1.97. The van der Waals surface area contributed by atoms with E-state index in [1.165, 1.54) is 6.07 Å². The molecule has 0 saturated heterocycles. The summed E-state index contributed by atoms with van der Waals surface area (Å²) >= 11 is 6.02. The molecule has 0 aliphatic rings. The molecule has 2 rings (SSSR count). The average molecular weight is 285 g/mol. The van der Waals surface area contributed by atoms with Gasteiger partial charge in [-0.05, 0) is 36.2 Å². The predicted molar refractivity (Wildman–Crippen MR) is 79.7 cm³/mol. The SMILES string of the molecule is Cc1ccccc1CC(=O)Nc1ccc(C#N)cc1Cl. The number of amides is 1. The molecule has 2 aromatic rings. The first-order valence-corrected chi connectivity index (χ1v) is 6.52. The first-order chi connectivity index (χ1) is 9.60. The highest BCUT2D eigenvalue weighted by atomic mass is 35.5. The van der Waals surface area contributed by atoms with Crippen LogP contribution >= 0.6 is 11.6 Å². The number of hydrogen-bond acceptors (Lipinski definition) is 2. The van der Waals surface area contributed by atoms with Crippen LogP contribution in [0.4, 0.5) is 5.69 Å². The Balaban J connectivity index is 2.09. The van der Waals surface area contributed by atoms with Crippen LogP contribution in [0.3, 0.4) is 0 Å². The second kappa shape index (κ2) is 6.23. The summed E-state index contributed by atoms with van der Waals surface area (Å²) in [4.78, 5) is 12.0. The van der Waals surface area contributed by atoms with E-state index in [0.29, 0.717) is 22.7 Å². The maximum absolute atomic E-state index is 12.0. The van der Waals surface area contributed by atoms with Crippen LogP contribution in [0.15, 0.2) is 42.5 Å². The van der Waals surface area contributed by atoms with Crippen LogP contribution in [0.25, 0.3) is 0 Å². The minimum Gasteiger partial charge on any atom is -0.324 e. The molecule has 0 fully saturated rings. The number of carbonyl (C=O) groups excluding carboxylic acids is 1. The molecule has 0 aliphatic heterocycles. The molecule has 0 bridgehead atoms. The van der Waals surface area contributed by atoms with Crippen LogP contribution in [-0.2, 0) is 11.2 Å². The van der Waals surface area contributed by atoms with Gasteiger partial charge in [0, 0.05) is 0 Å². The van der Waals surface area contributed by atoms with Crippen molar-refractivity contribution in [2.75, 3.05) is 5.32 Å². The van der Waals surface area contributed by atoms with Gasteiger partial charge in [0.25, 0.3) is 0 Å². The Morgan fingerprint density at radius 2 is 2.05 bits per heavy atom. The molecule has 20 heavy (non-hydrogen) atoms. The van der Waals surface area contributed by atoms with Crippen LogP contribution in [0.5, 0.6) is 0 Å². The highest BCUT2D eigenvalue weighted by molar-refractivity contribution is 6.33. The van der Waals surface area contributed by atoms with Crippen LogP contribution in [0.2, 0.25) is 5.02 Å². The topological polar surface area (TPSA) is 52.9 Å². The molecular formula is C16H13ClN2O. The molecular weight excluding hydrogens is 272 g/mol. The van der Waals surface area contributed by atoms with Crippen molar-refractivity contribution in [3.05, 3.63) is 64.2 Å². The van der Waals surface area contributed by atoms with Crippen LogP contribution in [0.1, 0.15) is 16.7 Å². The van der Waals surface area contributed by atoms with E-state index in [9.17, 15) is 4.79 Å². The summed E-state index contributed by atoms with van der Waals surface area (Å²) in [6.07, 6.45) is 0.295. The molecule has 4 heteroatoms. The maximum atomic E-state index is 12.0. The maximum Gasteiger partial charge on any atom is 0.228 e. The van der Waals surface area contributed by atoms with E-state index < -0.39 is 0 Å². The molecule has 0 aliphatic carbocycles. The number of halogens is 1. The van der Waals surface area contributed by atoms with Crippen LogP contribution < -0.4 is 5.32 Å². The minimum atomic E-state index is -0.133. The monoisotopic (exact) mass is 284 g/mol. The number of nitrogens with zero attached hydrogens (tertiary/aromatic N) is 1. The Labute approximate surface area is 122 Å². The van der Waals surface area contributed by atoms with E-state index in [0.717, 1.165) is 11.1 Å². The zero-order chi connectivity index (χ0) is 14.5. The van der Waals surface area contributed by atoms with Crippen molar-refractivity contribution in [1.29, 1.82) is 5.26 Å². The standard InChI is InChI=1S/C16H13ClN2O/c1-11-4-2-3-5-13(11)9-16(20)19-15-7-6-12(10-18)8-14(15)17/h2-8H,9H2,1H3,(H,19,20). The van der Waals surface area contributed by atoms with Crippen molar-refractivity contribution in [1.82, 2.24) is 0 Å². The molecule has 1 amide bonds. The van der Waals surface area contributed by atoms with Crippen molar-refractivity contribution in [2.24, 2.45) is 0 Å². The van der Waals surface area contributed by atoms with Gasteiger partial charge < -0.3 is 5.32 Å². The number of nitriles is 1. The Hall–Kier alpha value is -2.31. The van der Waals surface area contributed by atoms with Gasteiger partial charge in [-0.2, -0.15) is 5.26 Å². The van der Waals surface area contributed by atoms with Gasteiger partial charge in [0.05, 0.1) is 28.8 Å². The van der Waals surface area contributed by atoms with Crippen LogP contribution in [-0.4, -0.2) is 5.91 Å². The van der Waals surface area contributed by atoms with Crippen molar-refractivity contribution in [2.45, 2.75) is 13.3 Å². The van der Waals surface area contributed by atoms with Gasteiger partial charge in [-0.1, -0.05) is 35.9 Å². The lowest BCUT2D eigenvalue weighted by atomic mass is 10.1. The highest BCUT2D eigenvalue weighted by Crippen LogP contribution is 2.23. The summed E-state index contributed by atoms with van der Waals surface area (Å²) in [5.41, 5.74) is 3.04. The number of aryl methyl sites for hydroxylation is 1. The lowest BCUT2D eigenvalue weighted by Crippen LogP contribution is -2.15. The van der Waals surface area contributed by atoms with E-state index in [2.05, 4.69) is 5.32 Å². The number of hydrogen-bond donors (Lipinski definition) is 1. The first kappa shape index (κ1) is 14.1. The highest BCUT2D eigenvalue weighted by Gasteiger charge is 2.08. The van der Waals surface area contributed by atoms with E-state index in [4.69, 9.17) is 16.9 Å². The Bertz CT molecular complexity index is 689. The molecule has 0 unspecified atom stereocenters. The van der Waals surface area contributed by atoms with Crippen molar-refractivity contribution in [3.63, 3.8) is 0 Å². The summed E-state index contributed by atoms with van der Waals surface area (Å²) in [5, 5.41) is 11.9. The number of benzene rings is 2. The Kier molecular flexibility index (Phi) is 4.39. The molecule has 2 aromatic carbocycles. The predicted octanol–water partition coefficient (Wildman–Crippen LogP) is 3.70. The fourth-order valence-electron chi connectivity index (χ4n) is 1.86. The summed E-state index contributed by atoms with van der Waals surface area (Å²) in [7, 11) is 0. The van der Waals surface area contributed by atoms with Crippen LogP contribution in [0, 0.1) is 18.3 Å². The molecule has 0 atom stereocenters. The molecule has 0 aromatic heterocycles. The average Bonchev–Trinajstić information content (AvgIpc) is 2.43. The van der Waals surface area contributed by atoms with Gasteiger partial charge in [-0.3, -0.25) is 4.79 Å². The molecule has 0 saturated carbocycles. The third kappa shape index (κ3) is 3.37. The smallest absolute Gasteiger partial charge is 0.228 e. The fraction of sp³-hybridized carbons (Fsp3) is 0.125. The molecule has 0 spiro atoms. The second-order valence-corrected chi connectivity index (χ2v) is 4.87. The number of rotatable bonds is 3.